The van der Waals surface area contributed by atoms with Crippen LogP contribution in [0.4, 0.5) is 11.5 Å². The van der Waals surface area contributed by atoms with Crippen LogP contribution in [0.5, 0.6) is 0 Å². The molecule has 2 aromatic heterocycles. The number of fused-ring (bicyclic) bond motifs is 2. The molecule has 150 valence electrons. The molecule has 0 spiro atoms. The van der Waals surface area contributed by atoms with E-state index < -0.39 is 6.23 Å². The highest BCUT2D eigenvalue weighted by Gasteiger charge is 2.38. The van der Waals surface area contributed by atoms with Crippen molar-refractivity contribution in [3.63, 3.8) is 0 Å². The number of nitrogens with zero attached hydrogens (tertiary/aromatic N) is 3. The van der Waals surface area contributed by atoms with Gasteiger partial charge in [0.05, 0.1) is 28.9 Å². The lowest BCUT2D eigenvalue weighted by molar-refractivity contribution is -0.549. The lowest BCUT2D eigenvalue weighted by Gasteiger charge is -2.26. The molecule has 0 fully saturated rings. The summed E-state index contributed by atoms with van der Waals surface area (Å²) in [5, 5.41) is 15.4. The van der Waals surface area contributed by atoms with Crippen LogP contribution in [-0.2, 0) is 6.42 Å². The summed E-state index contributed by atoms with van der Waals surface area (Å²) in [7, 11) is 0. The van der Waals surface area contributed by atoms with Crippen molar-refractivity contribution in [2.24, 2.45) is 0 Å². The van der Waals surface area contributed by atoms with Gasteiger partial charge in [-0.25, -0.2) is 9.97 Å². The highest BCUT2D eigenvalue weighted by atomic mass is 35.5. The summed E-state index contributed by atoms with van der Waals surface area (Å²) in [6.45, 7) is 2.07. The molecule has 7 heteroatoms. The third-order valence-electron chi connectivity index (χ3n) is 5.55. The van der Waals surface area contributed by atoms with Gasteiger partial charge in [-0.1, -0.05) is 41.9 Å². The van der Waals surface area contributed by atoms with Crippen LogP contribution in [0.15, 0.2) is 67.1 Å². The number of para-hydroxylation sites is 1. The van der Waals surface area contributed by atoms with Gasteiger partial charge in [0.25, 0.3) is 6.23 Å². The molecule has 3 heterocycles. The van der Waals surface area contributed by atoms with Crippen molar-refractivity contribution in [3.05, 3.63) is 83.3 Å². The predicted molar refractivity (Wildman–Crippen MR) is 118 cm³/mol. The lowest BCUT2D eigenvalue weighted by atomic mass is 9.93. The molecule has 3 N–H and O–H groups in total. The Balaban J connectivity index is 1.61. The second-order valence-electron chi connectivity index (χ2n) is 7.38. The van der Waals surface area contributed by atoms with Crippen molar-refractivity contribution >= 4 is 39.9 Å². The summed E-state index contributed by atoms with van der Waals surface area (Å²) in [6, 6.07) is 17.4. The van der Waals surface area contributed by atoms with Crippen LogP contribution in [0, 0.1) is 0 Å². The number of nitrogens with one attached hydrogen (secondary N) is 2. The minimum atomic E-state index is -0.877. The number of hydrogen-bond donors (Lipinski definition) is 3. The van der Waals surface area contributed by atoms with Gasteiger partial charge in [-0.15, -0.1) is 0 Å². The number of anilines is 1. The van der Waals surface area contributed by atoms with Gasteiger partial charge in [-0.05, 0) is 24.6 Å². The Hall–Kier alpha value is -3.22. The SMILES string of the molecule is C[C@H](Nc1nccc2[nH]cnc12)C1=[N+](c2ccccc2)C(O)c2c(Cl)cccc2C1. The summed E-state index contributed by atoms with van der Waals surface area (Å²) in [6.07, 6.45) is 3.19. The molecular weight excluding hydrogens is 398 g/mol. The maximum atomic E-state index is 11.3. The zero-order chi connectivity index (χ0) is 20.7. The number of halogens is 1. The molecule has 0 bridgehead atoms. The van der Waals surface area contributed by atoms with Crippen molar-refractivity contribution in [3.8, 4) is 0 Å². The van der Waals surface area contributed by atoms with Crippen LogP contribution in [-0.4, -0.2) is 36.4 Å². The smallest absolute Gasteiger partial charge is 0.289 e. The molecule has 0 aliphatic carbocycles. The molecule has 4 aromatic rings. The first kappa shape index (κ1) is 18.8. The minimum Gasteiger partial charge on any atom is -0.356 e. The quantitative estimate of drug-likeness (QED) is 0.428. The van der Waals surface area contributed by atoms with Crippen molar-refractivity contribution in [2.45, 2.75) is 25.6 Å². The van der Waals surface area contributed by atoms with Gasteiger partial charge in [0.1, 0.15) is 11.6 Å². The monoisotopic (exact) mass is 418 g/mol. The third kappa shape index (κ3) is 3.14. The highest BCUT2D eigenvalue weighted by molar-refractivity contribution is 6.31. The van der Waals surface area contributed by atoms with Gasteiger partial charge in [0.15, 0.2) is 11.5 Å². The molecule has 0 radical (unpaired) electrons. The summed E-state index contributed by atoms with van der Waals surface area (Å²) < 4.78 is 1.95. The van der Waals surface area contributed by atoms with E-state index in [1.165, 1.54) is 0 Å². The number of benzene rings is 2. The fourth-order valence-electron chi connectivity index (χ4n) is 4.11. The fraction of sp³-hybridized carbons (Fsp3) is 0.174. The van der Waals surface area contributed by atoms with Crippen molar-refractivity contribution in [2.75, 3.05) is 5.32 Å². The Morgan fingerprint density at radius 3 is 2.80 bits per heavy atom. The Morgan fingerprint density at radius 2 is 1.97 bits per heavy atom. The van der Waals surface area contributed by atoms with E-state index in [1.54, 1.807) is 12.5 Å². The second kappa shape index (κ2) is 7.55. The molecule has 1 unspecified atom stereocenters. The highest BCUT2D eigenvalue weighted by Crippen LogP contribution is 2.35. The summed E-state index contributed by atoms with van der Waals surface area (Å²) >= 11 is 6.47. The first-order chi connectivity index (χ1) is 14.6. The van der Waals surface area contributed by atoms with Crippen LogP contribution in [0.1, 0.15) is 24.3 Å². The second-order valence-corrected chi connectivity index (χ2v) is 7.79. The minimum absolute atomic E-state index is 0.109. The maximum absolute atomic E-state index is 11.3. The van der Waals surface area contributed by atoms with E-state index in [-0.39, 0.29) is 6.04 Å². The van der Waals surface area contributed by atoms with E-state index in [2.05, 4.69) is 27.2 Å². The molecule has 2 atom stereocenters. The van der Waals surface area contributed by atoms with Crippen LogP contribution in [0.2, 0.25) is 5.02 Å². The van der Waals surface area contributed by atoms with Gasteiger partial charge < -0.3 is 15.4 Å². The van der Waals surface area contributed by atoms with Gasteiger partial charge in [-0.2, -0.15) is 4.58 Å². The van der Waals surface area contributed by atoms with Crippen molar-refractivity contribution in [1.29, 1.82) is 0 Å². The number of pyridine rings is 1. The number of aromatic amines is 1. The number of hydrogen-bond acceptors (Lipinski definition) is 4. The molecule has 1 aliphatic rings. The van der Waals surface area contributed by atoms with Gasteiger partial charge in [-0.3, -0.25) is 0 Å². The lowest BCUT2D eigenvalue weighted by Crippen LogP contribution is -2.39. The van der Waals surface area contributed by atoms with E-state index in [0.717, 1.165) is 33.6 Å². The first-order valence-corrected chi connectivity index (χ1v) is 10.2. The average molecular weight is 419 g/mol. The standard InChI is InChI=1S/C23H21ClN5O/c1-14(28-22-21-18(10-11-25-22)26-13-27-21)19-12-15-6-5-9-17(24)20(15)23(30)29(19)16-7-3-2-4-8-16/h2-11,13-14,23,30H,12H2,1H3,(H,25,28)(H,26,27)/q+1/t14-,23?/m0/s1. The molecule has 5 rings (SSSR count). The van der Waals surface area contributed by atoms with Crippen LogP contribution in [0.3, 0.4) is 0 Å². The summed E-state index contributed by atoms with van der Waals surface area (Å²) in [5.41, 5.74) is 5.42. The third-order valence-corrected chi connectivity index (χ3v) is 5.88. The van der Waals surface area contributed by atoms with Gasteiger partial charge >= 0.3 is 0 Å². The molecular formula is C23H21ClN5O+. The Morgan fingerprint density at radius 1 is 1.13 bits per heavy atom. The number of imidazole rings is 1. The Kier molecular flexibility index (Phi) is 4.73. The van der Waals surface area contributed by atoms with E-state index in [4.69, 9.17) is 11.6 Å². The largest absolute Gasteiger partial charge is 0.356 e. The van der Waals surface area contributed by atoms with E-state index >= 15 is 0 Å². The van der Waals surface area contributed by atoms with E-state index in [0.29, 0.717) is 17.3 Å². The number of rotatable bonds is 4. The normalized spacial score (nSPS) is 17.1. The fourth-order valence-corrected chi connectivity index (χ4v) is 4.40. The van der Waals surface area contributed by atoms with Gasteiger partial charge in [0, 0.05) is 18.3 Å². The van der Waals surface area contributed by atoms with Gasteiger partial charge in [0.2, 0.25) is 5.69 Å². The number of H-pyrrole nitrogens is 1. The zero-order valence-electron chi connectivity index (χ0n) is 16.4. The van der Waals surface area contributed by atoms with Crippen LogP contribution in [0.25, 0.3) is 11.0 Å². The maximum Gasteiger partial charge on any atom is 0.289 e. The molecule has 6 nitrogen and oxygen atoms in total. The average Bonchev–Trinajstić information content (AvgIpc) is 3.24. The molecule has 0 amide bonds. The molecule has 0 saturated carbocycles. The van der Waals surface area contributed by atoms with E-state index in [9.17, 15) is 5.11 Å². The molecule has 0 saturated heterocycles. The Labute approximate surface area is 178 Å². The summed E-state index contributed by atoms with van der Waals surface area (Å²) in [5.74, 6) is 0.702. The topological polar surface area (TPSA) is 76.8 Å². The van der Waals surface area contributed by atoms with Crippen LogP contribution < -0.4 is 5.32 Å². The zero-order valence-corrected chi connectivity index (χ0v) is 17.1. The molecule has 30 heavy (non-hydrogen) atoms. The van der Waals surface area contributed by atoms with Crippen LogP contribution >= 0.6 is 11.6 Å². The number of aromatic nitrogens is 3. The molecule has 1 aliphatic heterocycles. The van der Waals surface area contributed by atoms with Crippen molar-refractivity contribution in [1.82, 2.24) is 15.0 Å². The van der Waals surface area contributed by atoms with Crippen molar-refractivity contribution < 1.29 is 9.68 Å². The predicted octanol–water partition coefficient (Wildman–Crippen LogP) is 4.44. The van der Waals surface area contributed by atoms with E-state index in [1.807, 2.05) is 59.2 Å². The Bertz CT molecular complexity index is 1250. The number of aliphatic hydroxyl groups excluding tert-OH is 1. The summed E-state index contributed by atoms with van der Waals surface area (Å²) in [4.78, 5) is 12.0. The molecule has 2 aromatic carbocycles. The number of aliphatic hydroxyl groups is 1. The first-order valence-electron chi connectivity index (χ1n) is 9.83.